The Labute approximate surface area is 78.6 Å². The van der Waals surface area contributed by atoms with Crippen molar-refractivity contribution >= 4 is 18.3 Å². The Morgan fingerprint density at radius 1 is 1.25 bits per heavy atom. The molecular formula is C10H13NS. The number of aryl methyl sites for hydroxylation is 2. The Hall–Kier alpha value is -0.630. The zero-order valence-electron chi connectivity index (χ0n) is 7.01. The Morgan fingerprint density at radius 3 is 2.92 bits per heavy atom. The minimum atomic E-state index is 0.707. The highest BCUT2D eigenvalue weighted by Gasteiger charge is 2.09. The van der Waals surface area contributed by atoms with Crippen LogP contribution in [0.3, 0.4) is 0 Å². The van der Waals surface area contributed by atoms with Crippen LogP contribution in [0.25, 0.3) is 0 Å². The monoisotopic (exact) mass is 179 g/mol. The van der Waals surface area contributed by atoms with E-state index in [0.717, 1.165) is 0 Å². The molecule has 0 fully saturated rings. The summed E-state index contributed by atoms with van der Waals surface area (Å²) in [5.74, 6) is 0.707. The molecule has 0 aliphatic heterocycles. The van der Waals surface area contributed by atoms with Crippen molar-refractivity contribution in [1.82, 2.24) is 0 Å². The van der Waals surface area contributed by atoms with Crippen LogP contribution in [-0.4, -0.2) is 5.88 Å². The Kier molecular flexibility index (Phi) is 2.26. The van der Waals surface area contributed by atoms with Gasteiger partial charge in [0.05, 0.1) is 5.88 Å². The van der Waals surface area contributed by atoms with Crippen molar-refractivity contribution in [2.75, 3.05) is 11.2 Å². The highest BCUT2D eigenvalue weighted by atomic mass is 32.1. The maximum Gasteiger partial charge on any atom is 0.0581 e. The first kappa shape index (κ1) is 7.99. The van der Waals surface area contributed by atoms with Crippen molar-refractivity contribution in [3.05, 3.63) is 29.3 Å². The van der Waals surface area contributed by atoms with Gasteiger partial charge in [-0.2, -0.15) is 12.6 Å². The lowest BCUT2D eigenvalue weighted by Crippen LogP contribution is -1.95. The molecule has 0 heterocycles. The van der Waals surface area contributed by atoms with Crippen molar-refractivity contribution in [2.24, 2.45) is 0 Å². The van der Waals surface area contributed by atoms with E-state index in [1.807, 2.05) is 0 Å². The van der Waals surface area contributed by atoms with Crippen LogP contribution in [0.5, 0.6) is 0 Å². The molecule has 1 aromatic rings. The molecule has 0 spiro atoms. The predicted octanol–water partition coefficient (Wildman–Crippen LogP) is 2.47. The van der Waals surface area contributed by atoms with Crippen LogP contribution >= 0.6 is 12.6 Å². The number of fused-ring (bicyclic) bond motifs is 1. The van der Waals surface area contributed by atoms with E-state index < -0.39 is 0 Å². The first-order valence-corrected chi connectivity index (χ1v) is 5.00. The molecule has 1 nitrogen and oxygen atoms in total. The van der Waals surface area contributed by atoms with Crippen molar-refractivity contribution < 1.29 is 0 Å². The van der Waals surface area contributed by atoms with Gasteiger partial charge in [0.1, 0.15) is 0 Å². The first-order chi connectivity index (χ1) is 5.90. The lowest BCUT2D eigenvalue weighted by molar-refractivity contribution is 0.912. The van der Waals surface area contributed by atoms with Crippen molar-refractivity contribution in [3.63, 3.8) is 0 Å². The molecule has 1 aliphatic rings. The number of anilines is 1. The Bertz CT molecular complexity index is 283. The fourth-order valence-electron chi connectivity index (χ4n) is 1.77. The summed E-state index contributed by atoms with van der Waals surface area (Å²) in [5, 5.41) is 3.20. The first-order valence-electron chi connectivity index (χ1n) is 4.36. The smallest absolute Gasteiger partial charge is 0.0581 e. The number of benzene rings is 1. The van der Waals surface area contributed by atoms with Gasteiger partial charge in [-0.05, 0) is 42.5 Å². The Morgan fingerprint density at radius 2 is 2.08 bits per heavy atom. The van der Waals surface area contributed by atoms with Crippen molar-refractivity contribution in [1.29, 1.82) is 0 Å². The average Bonchev–Trinajstić information content (AvgIpc) is 2.51. The summed E-state index contributed by atoms with van der Waals surface area (Å²) in [6.07, 6.45) is 3.83. The van der Waals surface area contributed by atoms with Gasteiger partial charge in [0, 0.05) is 5.69 Å². The van der Waals surface area contributed by atoms with Crippen LogP contribution in [-0.2, 0) is 12.8 Å². The fourth-order valence-corrected chi connectivity index (χ4v) is 1.96. The van der Waals surface area contributed by atoms with Gasteiger partial charge < -0.3 is 5.32 Å². The van der Waals surface area contributed by atoms with Gasteiger partial charge in [0.25, 0.3) is 0 Å². The van der Waals surface area contributed by atoms with E-state index in [-0.39, 0.29) is 0 Å². The predicted molar refractivity (Wildman–Crippen MR) is 55.9 cm³/mol. The highest BCUT2D eigenvalue weighted by molar-refractivity contribution is 7.80. The maximum atomic E-state index is 4.13. The summed E-state index contributed by atoms with van der Waals surface area (Å²) in [6, 6.07) is 6.62. The minimum Gasteiger partial charge on any atom is -0.376 e. The topological polar surface area (TPSA) is 12.0 Å². The van der Waals surface area contributed by atoms with Crippen LogP contribution in [0, 0.1) is 0 Å². The quantitative estimate of drug-likeness (QED) is 0.525. The lowest BCUT2D eigenvalue weighted by atomic mass is 10.1. The van der Waals surface area contributed by atoms with E-state index in [4.69, 9.17) is 0 Å². The molecule has 2 rings (SSSR count). The summed E-state index contributed by atoms with van der Waals surface area (Å²) in [7, 11) is 0. The van der Waals surface area contributed by atoms with E-state index in [9.17, 15) is 0 Å². The van der Waals surface area contributed by atoms with E-state index in [2.05, 4.69) is 36.1 Å². The third-order valence-electron chi connectivity index (χ3n) is 2.38. The number of hydrogen-bond donors (Lipinski definition) is 2. The molecule has 0 bridgehead atoms. The molecule has 12 heavy (non-hydrogen) atoms. The molecule has 0 saturated carbocycles. The van der Waals surface area contributed by atoms with Gasteiger partial charge in [-0.15, -0.1) is 0 Å². The SMILES string of the molecule is SCNc1ccc2c(c1)CCC2. The van der Waals surface area contributed by atoms with E-state index in [1.54, 1.807) is 0 Å². The van der Waals surface area contributed by atoms with E-state index in [1.165, 1.54) is 36.1 Å². The van der Waals surface area contributed by atoms with Crippen LogP contribution in [0.15, 0.2) is 18.2 Å². The second kappa shape index (κ2) is 3.40. The van der Waals surface area contributed by atoms with Gasteiger partial charge in [0.15, 0.2) is 0 Å². The maximum absolute atomic E-state index is 4.13. The third kappa shape index (κ3) is 1.44. The standard InChI is InChI=1S/C10H13NS/c12-7-11-10-5-4-8-2-1-3-9(8)6-10/h4-6,11-12H,1-3,7H2. The molecule has 0 aromatic heterocycles. The average molecular weight is 179 g/mol. The van der Waals surface area contributed by atoms with Gasteiger partial charge in [-0.25, -0.2) is 0 Å². The normalized spacial score (nSPS) is 14.4. The van der Waals surface area contributed by atoms with Crippen molar-refractivity contribution in [2.45, 2.75) is 19.3 Å². The fraction of sp³-hybridized carbons (Fsp3) is 0.400. The van der Waals surface area contributed by atoms with Gasteiger partial charge in [0.2, 0.25) is 0 Å². The summed E-state index contributed by atoms with van der Waals surface area (Å²) < 4.78 is 0. The molecule has 0 saturated heterocycles. The number of hydrogen-bond acceptors (Lipinski definition) is 2. The molecular weight excluding hydrogens is 166 g/mol. The molecule has 1 aliphatic carbocycles. The highest BCUT2D eigenvalue weighted by Crippen LogP contribution is 2.24. The second-order valence-corrected chi connectivity index (χ2v) is 3.49. The van der Waals surface area contributed by atoms with Gasteiger partial charge in [-0.3, -0.25) is 0 Å². The zero-order chi connectivity index (χ0) is 8.39. The summed E-state index contributed by atoms with van der Waals surface area (Å²) in [5.41, 5.74) is 4.24. The van der Waals surface area contributed by atoms with E-state index >= 15 is 0 Å². The van der Waals surface area contributed by atoms with Gasteiger partial charge in [-0.1, -0.05) is 6.07 Å². The summed E-state index contributed by atoms with van der Waals surface area (Å²) >= 11 is 4.13. The van der Waals surface area contributed by atoms with E-state index in [0.29, 0.717) is 5.88 Å². The van der Waals surface area contributed by atoms with Crippen LogP contribution in [0.2, 0.25) is 0 Å². The molecule has 2 heteroatoms. The Balaban J connectivity index is 2.26. The summed E-state index contributed by atoms with van der Waals surface area (Å²) in [6.45, 7) is 0. The minimum absolute atomic E-state index is 0.707. The van der Waals surface area contributed by atoms with Crippen LogP contribution < -0.4 is 5.32 Å². The summed E-state index contributed by atoms with van der Waals surface area (Å²) in [4.78, 5) is 0. The van der Waals surface area contributed by atoms with Gasteiger partial charge >= 0.3 is 0 Å². The van der Waals surface area contributed by atoms with Crippen LogP contribution in [0.1, 0.15) is 17.5 Å². The van der Waals surface area contributed by atoms with Crippen molar-refractivity contribution in [3.8, 4) is 0 Å². The molecule has 0 amide bonds. The lowest BCUT2D eigenvalue weighted by Gasteiger charge is -2.04. The molecule has 0 radical (unpaired) electrons. The largest absolute Gasteiger partial charge is 0.376 e. The molecule has 64 valence electrons. The molecule has 1 aromatic carbocycles. The molecule has 1 N–H and O–H groups in total. The van der Waals surface area contributed by atoms with Crippen LogP contribution in [0.4, 0.5) is 5.69 Å². The molecule has 0 atom stereocenters. The zero-order valence-corrected chi connectivity index (χ0v) is 7.90. The number of rotatable bonds is 2. The third-order valence-corrected chi connectivity index (χ3v) is 2.54. The number of thiol groups is 1. The second-order valence-electron chi connectivity index (χ2n) is 3.17. The number of nitrogens with one attached hydrogen (secondary N) is 1. The molecule has 0 unspecified atom stereocenters.